The Balaban J connectivity index is 1.22. The second-order valence-electron chi connectivity index (χ2n) is 11.6. The summed E-state index contributed by atoms with van der Waals surface area (Å²) >= 11 is 6.11. The van der Waals surface area contributed by atoms with Crippen molar-refractivity contribution in [2.75, 3.05) is 39.3 Å². The Morgan fingerprint density at radius 2 is 1.82 bits per heavy atom. The fourth-order valence-corrected chi connectivity index (χ4v) is 6.44. The first-order valence-corrected chi connectivity index (χ1v) is 15.1. The van der Waals surface area contributed by atoms with Crippen molar-refractivity contribution in [2.24, 2.45) is 11.8 Å². The Morgan fingerprint density at radius 1 is 1.05 bits per heavy atom. The predicted molar refractivity (Wildman–Crippen MR) is 155 cm³/mol. The molecular formula is C31H43ClN4O2. The first-order chi connectivity index (χ1) is 18.5. The Hall–Kier alpha value is -2.15. The molecule has 5 rings (SSSR count). The van der Waals surface area contributed by atoms with Gasteiger partial charge in [0.25, 0.3) is 5.91 Å². The SMILES string of the molecule is CCC(CN1CCC(CNC(=O)c2ccc3cc(Cl)ccc3c2)NC(CCN2CCCCC2)C1=O)C1CC1. The number of fused-ring (bicyclic) bond motifs is 1. The molecule has 0 bridgehead atoms. The summed E-state index contributed by atoms with van der Waals surface area (Å²) in [6.45, 7) is 7.64. The Labute approximate surface area is 232 Å². The fraction of sp³-hybridized carbons (Fsp3) is 0.613. The van der Waals surface area contributed by atoms with Crippen molar-refractivity contribution in [3.8, 4) is 0 Å². The van der Waals surface area contributed by atoms with E-state index in [0.29, 0.717) is 23.0 Å². The van der Waals surface area contributed by atoms with E-state index in [0.717, 1.165) is 68.7 Å². The Bertz CT molecular complexity index is 1110. The molecule has 206 valence electrons. The van der Waals surface area contributed by atoms with E-state index in [-0.39, 0.29) is 23.9 Å². The van der Waals surface area contributed by atoms with Gasteiger partial charge in [-0.15, -0.1) is 0 Å². The minimum absolute atomic E-state index is 0.0690. The summed E-state index contributed by atoms with van der Waals surface area (Å²) < 4.78 is 0. The Morgan fingerprint density at radius 3 is 2.58 bits per heavy atom. The first kappa shape index (κ1) is 27.4. The van der Waals surface area contributed by atoms with Crippen molar-refractivity contribution in [1.82, 2.24) is 20.4 Å². The highest BCUT2D eigenvalue weighted by Crippen LogP contribution is 2.39. The number of likely N-dealkylation sites (tertiary alicyclic amines) is 1. The van der Waals surface area contributed by atoms with E-state index in [4.69, 9.17) is 11.6 Å². The zero-order valence-electron chi connectivity index (χ0n) is 22.8. The van der Waals surface area contributed by atoms with Crippen molar-refractivity contribution in [3.05, 3.63) is 47.0 Å². The largest absolute Gasteiger partial charge is 0.350 e. The maximum Gasteiger partial charge on any atom is 0.251 e. The van der Waals surface area contributed by atoms with E-state index in [9.17, 15) is 9.59 Å². The maximum atomic E-state index is 13.7. The van der Waals surface area contributed by atoms with Crippen LogP contribution in [0.2, 0.25) is 5.02 Å². The maximum absolute atomic E-state index is 13.7. The molecule has 1 saturated carbocycles. The van der Waals surface area contributed by atoms with Gasteiger partial charge in [0.2, 0.25) is 5.91 Å². The van der Waals surface area contributed by atoms with Gasteiger partial charge in [0, 0.05) is 42.8 Å². The number of rotatable bonds is 10. The van der Waals surface area contributed by atoms with Crippen LogP contribution in [0.4, 0.5) is 0 Å². The third-order valence-corrected chi connectivity index (χ3v) is 9.05. The van der Waals surface area contributed by atoms with E-state index in [1.165, 1.54) is 32.1 Å². The number of amides is 2. The van der Waals surface area contributed by atoms with Crippen LogP contribution in [0.3, 0.4) is 0 Å². The summed E-state index contributed by atoms with van der Waals surface area (Å²) in [5, 5.41) is 9.51. The quantitative estimate of drug-likeness (QED) is 0.442. The lowest BCUT2D eigenvalue weighted by molar-refractivity contribution is -0.133. The van der Waals surface area contributed by atoms with Gasteiger partial charge >= 0.3 is 0 Å². The smallest absolute Gasteiger partial charge is 0.251 e. The van der Waals surface area contributed by atoms with Gasteiger partial charge < -0.3 is 20.4 Å². The highest BCUT2D eigenvalue weighted by atomic mass is 35.5. The molecule has 3 atom stereocenters. The van der Waals surface area contributed by atoms with E-state index in [1.807, 2.05) is 36.4 Å². The minimum atomic E-state index is -0.191. The molecule has 0 aromatic heterocycles. The lowest BCUT2D eigenvalue weighted by Crippen LogP contribution is -2.50. The Kier molecular flexibility index (Phi) is 9.24. The number of piperidine rings is 1. The van der Waals surface area contributed by atoms with Crippen molar-refractivity contribution in [3.63, 3.8) is 0 Å². The molecule has 1 aliphatic carbocycles. The number of hydrogen-bond donors (Lipinski definition) is 2. The molecule has 0 spiro atoms. The lowest BCUT2D eigenvalue weighted by Gasteiger charge is -2.31. The van der Waals surface area contributed by atoms with Gasteiger partial charge in [-0.25, -0.2) is 0 Å². The van der Waals surface area contributed by atoms with Crippen LogP contribution in [0.15, 0.2) is 36.4 Å². The molecule has 3 fully saturated rings. The average Bonchev–Trinajstić information content (AvgIpc) is 3.79. The topological polar surface area (TPSA) is 64.7 Å². The lowest BCUT2D eigenvalue weighted by atomic mass is 9.99. The van der Waals surface area contributed by atoms with Crippen molar-refractivity contribution >= 4 is 34.2 Å². The van der Waals surface area contributed by atoms with Crippen LogP contribution < -0.4 is 10.6 Å². The number of nitrogens with one attached hydrogen (secondary N) is 2. The van der Waals surface area contributed by atoms with Crippen LogP contribution in [0.1, 0.15) is 68.6 Å². The van der Waals surface area contributed by atoms with Gasteiger partial charge in [-0.1, -0.05) is 43.5 Å². The second-order valence-corrected chi connectivity index (χ2v) is 12.0. The zero-order valence-corrected chi connectivity index (χ0v) is 23.5. The van der Waals surface area contributed by atoms with Crippen LogP contribution in [0, 0.1) is 11.8 Å². The van der Waals surface area contributed by atoms with Crippen LogP contribution in [0.5, 0.6) is 0 Å². The van der Waals surface area contributed by atoms with Gasteiger partial charge in [0.15, 0.2) is 0 Å². The zero-order chi connectivity index (χ0) is 26.5. The van der Waals surface area contributed by atoms with Crippen molar-refractivity contribution < 1.29 is 9.59 Å². The molecule has 38 heavy (non-hydrogen) atoms. The average molecular weight is 539 g/mol. The number of halogens is 1. The summed E-state index contributed by atoms with van der Waals surface area (Å²) in [5.74, 6) is 1.58. The van der Waals surface area contributed by atoms with Crippen LogP contribution >= 0.6 is 11.6 Å². The van der Waals surface area contributed by atoms with Crippen LogP contribution in [-0.4, -0.2) is 73.0 Å². The monoisotopic (exact) mass is 538 g/mol. The summed E-state index contributed by atoms with van der Waals surface area (Å²) in [6, 6.07) is 11.3. The number of carbonyl (C=O) groups is 2. The minimum Gasteiger partial charge on any atom is -0.350 e. The highest BCUT2D eigenvalue weighted by molar-refractivity contribution is 6.31. The third kappa shape index (κ3) is 7.08. The van der Waals surface area contributed by atoms with Gasteiger partial charge in [0.05, 0.1) is 6.04 Å². The second kappa shape index (κ2) is 12.8. The number of nitrogens with zero attached hydrogens (tertiary/aromatic N) is 2. The van der Waals surface area contributed by atoms with E-state index in [1.54, 1.807) is 0 Å². The molecule has 2 N–H and O–H groups in total. The van der Waals surface area contributed by atoms with Crippen molar-refractivity contribution in [1.29, 1.82) is 0 Å². The highest BCUT2D eigenvalue weighted by Gasteiger charge is 2.36. The van der Waals surface area contributed by atoms with E-state index >= 15 is 0 Å². The molecule has 2 saturated heterocycles. The van der Waals surface area contributed by atoms with Gasteiger partial charge in [0.1, 0.15) is 0 Å². The van der Waals surface area contributed by atoms with Crippen LogP contribution in [-0.2, 0) is 4.79 Å². The van der Waals surface area contributed by atoms with E-state index < -0.39 is 0 Å². The summed E-state index contributed by atoms with van der Waals surface area (Å²) in [4.78, 5) is 31.4. The predicted octanol–water partition coefficient (Wildman–Crippen LogP) is 5.09. The molecule has 2 amide bonds. The molecule has 3 aliphatic rings. The summed E-state index contributed by atoms with van der Waals surface area (Å²) in [7, 11) is 0. The summed E-state index contributed by atoms with van der Waals surface area (Å²) in [5.41, 5.74) is 0.642. The van der Waals surface area contributed by atoms with Gasteiger partial charge in [-0.3, -0.25) is 9.59 Å². The standard InChI is InChI=1S/C31H43ClN4O2/c1-2-22(23-6-7-23)21-36-17-12-28(34-29(31(36)38)13-16-35-14-4-3-5-15-35)20-33-30(37)26-9-8-25-19-27(32)11-10-24(25)18-26/h8-11,18-19,22-23,28-29,34H,2-7,12-17,20-21H2,1H3,(H,33,37). The molecular weight excluding hydrogens is 496 g/mol. The third-order valence-electron chi connectivity index (χ3n) is 8.82. The molecule has 2 heterocycles. The number of carbonyl (C=O) groups excluding carboxylic acids is 2. The van der Waals surface area contributed by atoms with Gasteiger partial charge in [-0.05, 0) is 98.5 Å². The fourth-order valence-electron chi connectivity index (χ4n) is 6.26. The summed E-state index contributed by atoms with van der Waals surface area (Å²) in [6.07, 6.45) is 9.27. The molecule has 0 radical (unpaired) electrons. The molecule has 6 nitrogen and oxygen atoms in total. The van der Waals surface area contributed by atoms with E-state index in [2.05, 4.69) is 27.4 Å². The molecule has 2 aromatic rings. The molecule has 7 heteroatoms. The first-order valence-electron chi connectivity index (χ1n) is 14.7. The number of hydrogen-bond acceptors (Lipinski definition) is 4. The molecule has 2 aromatic carbocycles. The van der Waals surface area contributed by atoms with Crippen LogP contribution in [0.25, 0.3) is 10.8 Å². The molecule has 3 unspecified atom stereocenters. The van der Waals surface area contributed by atoms with Gasteiger partial charge in [-0.2, -0.15) is 0 Å². The normalized spacial score (nSPS) is 23.8. The molecule has 2 aliphatic heterocycles. The van der Waals surface area contributed by atoms with Crippen molar-refractivity contribution in [2.45, 2.75) is 70.4 Å². The number of benzene rings is 2.